The molecule has 17 heavy (non-hydrogen) atoms. The van der Waals surface area contributed by atoms with Crippen LogP contribution < -0.4 is 5.32 Å². The number of amides is 1. The Morgan fingerprint density at radius 1 is 1.53 bits per heavy atom. The van der Waals surface area contributed by atoms with E-state index in [0.29, 0.717) is 19.6 Å². The second-order valence-corrected chi connectivity index (χ2v) is 4.70. The van der Waals surface area contributed by atoms with E-state index < -0.39 is 5.97 Å². The van der Waals surface area contributed by atoms with Gasteiger partial charge < -0.3 is 15.2 Å². The lowest BCUT2D eigenvalue weighted by atomic mass is 10.0. The largest absolute Gasteiger partial charge is 0.481 e. The van der Waals surface area contributed by atoms with Crippen LogP contribution in [0.25, 0.3) is 0 Å². The second kappa shape index (κ2) is 7.27. The summed E-state index contributed by atoms with van der Waals surface area (Å²) in [4.78, 5) is 22.1. The number of carboxylic acid groups (broad SMARTS) is 1. The third-order valence-electron chi connectivity index (χ3n) is 3.01. The molecule has 1 amide bonds. The maximum Gasteiger partial charge on any atom is 0.303 e. The van der Waals surface area contributed by atoms with Crippen LogP contribution >= 0.6 is 0 Å². The molecular formula is C12H21NO4. The van der Waals surface area contributed by atoms with Crippen LogP contribution in [-0.4, -0.2) is 36.7 Å². The van der Waals surface area contributed by atoms with Gasteiger partial charge in [0.15, 0.2) is 0 Å². The van der Waals surface area contributed by atoms with Gasteiger partial charge in [-0.1, -0.05) is 6.92 Å². The fraction of sp³-hybridized carbons (Fsp3) is 0.833. The van der Waals surface area contributed by atoms with Crippen molar-refractivity contribution in [3.8, 4) is 0 Å². The van der Waals surface area contributed by atoms with E-state index in [1.807, 2.05) is 6.92 Å². The number of ether oxygens (including phenoxy) is 1. The van der Waals surface area contributed by atoms with Crippen LogP contribution in [0.15, 0.2) is 0 Å². The molecule has 5 nitrogen and oxygen atoms in total. The van der Waals surface area contributed by atoms with Gasteiger partial charge in [-0.25, -0.2) is 0 Å². The van der Waals surface area contributed by atoms with E-state index in [1.54, 1.807) is 0 Å². The minimum Gasteiger partial charge on any atom is -0.481 e. The van der Waals surface area contributed by atoms with Crippen LogP contribution in [0.3, 0.4) is 0 Å². The molecular weight excluding hydrogens is 222 g/mol. The highest BCUT2D eigenvalue weighted by Crippen LogP contribution is 2.13. The standard InChI is InChI=1S/C12H21NO4/c1-9(4-5-11(14)15)7-13-12(16)10-3-2-6-17-8-10/h9-10H,2-8H2,1H3,(H,13,16)(H,14,15). The van der Waals surface area contributed by atoms with Crippen LogP contribution in [0, 0.1) is 11.8 Å². The van der Waals surface area contributed by atoms with Gasteiger partial charge in [0, 0.05) is 19.6 Å². The van der Waals surface area contributed by atoms with Crippen molar-refractivity contribution >= 4 is 11.9 Å². The molecule has 0 bridgehead atoms. The van der Waals surface area contributed by atoms with Crippen molar-refractivity contribution < 1.29 is 19.4 Å². The lowest BCUT2D eigenvalue weighted by Gasteiger charge is -2.22. The van der Waals surface area contributed by atoms with Crippen molar-refractivity contribution in [3.05, 3.63) is 0 Å². The lowest BCUT2D eigenvalue weighted by Crippen LogP contribution is -2.37. The first kappa shape index (κ1) is 14.0. The van der Waals surface area contributed by atoms with E-state index in [2.05, 4.69) is 5.32 Å². The first-order valence-electron chi connectivity index (χ1n) is 6.17. The number of nitrogens with one attached hydrogen (secondary N) is 1. The summed E-state index contributed by atoms with van der Waals surface area (Å²) in [6.45, 7) is 3.75. The zero-order valence-corrected chi connectivity index (χ0v) is 10.3. The van der Waals surface area contributed by atoms with Crippen LogP contribution in [-0.2, 0) is 14.3 Å². The average Bonchev–Trinajstić information content (AvgIpc) is 2.34. The quantitative estimate of drug-likeness (QED) is 0.730. The van der Waals surface area contributed by atoms with Gasteiger partial charge in [0.25, 0.3) is 0 Å². The van der Waals surface area contributed by atoms with Crippen molar-refractivity contribution in [3.63, 3.8) is 0 Å². The van der Waals surface area contributed by atoms with E-state index in [4.69, 9.17) is 9.84 Å². The molecule has 0 spiro atoms. The highest BCUT2D eigenvalue weighted by molar-refractivity contribution is 5.78. The molecule has 1 aliphatic rings. The molecule has 98 valence electrons. The van der Waals surface area contributed by atoms with Gasteiger partial charge >= 0.3 is 5.97 Å². The first-order chi connectivity index (χ1) is 8.09. The van der Waals surface area contributed by atoms with Gasteiger partial charge in [0.2, 0.25) is 5.91 Å². The normalized spacial score (nSPS) is 21.8. The fourth-order valence-electron chi connectivity index (χ4n) is 1.84. The monoisotopic (exact) mass is 243 g/mol. The summed E-state index contributed by atoms with van der Waals surface area (Å²) in [5.41, 5.74) is 0. The van der Waals surface area contributed by atoms with E-state index >= 15 is 0 Å². The van der Waals surface area contributed by atoms with Crippen molar-refractivity contribution in [1.29, 1.82) is 0 Å². The molecule has 0 aromatic heterocycles. The molecule has 0 aromatic carbocycles. The lowest BCUT2D eigenvalue weighted by molar-refractivity contribution is -0.137. The van der Waals surface area contributed by atoms with Crippen LogP contribution in [0.1, 0.15) is 32.6 Å². The molecule has 1 heterocycles. The predicted molar refractivity (Wildman–Crippen MR) is 62.6 cm³/mol. The summed E-state index contributed by atoms with van der Waals surface area (Å²) >= 11 is 0. The van der Waals surface area contributed by atoms with Crippen LogP contribution in [0.2, 0.25) is 0 Å². The Bertz CT molecular complexity index is 261. The molecule has 0 aromatic rings. The SMILES string of the molecule is CC(CCC(=O)O)CNC(=O)C1CCCOC1. The summed E-state index contributed by atoms with van der Waals surface area (Å²) in [5, 5.41) is 11.4. The third-order valence-corrected chi connectivity index (χ3v) is 3.01. The number of aliphatic carboxylic acids is 1. The Kier molecular flexibility index (Phi) is 5.97. The predicted octanol–water partition coefficient (Wildman–Crippen LogP) is 1.03. The van der Waals surface area contributed by atoms with Crippen LogP contribution in [0.4, 0.5) is 0 Å². The number of rotatable bonds is 6. The number of carbonyl (C=O) groups is 2. The van der Waals surface area contributed by atoms with Gasteiger partial charge in [-0.05, 0) is 25.2 Å². The van der Waals surface area contributed by atoms with E-state index in [0.717, 1.165) is 19.4 Å². The molecule has 2 unspecified atom stereocenters. The van der Waals surface area contributed by atoms with Gasteiger partial charge in [-0.3, -0.25) is 9.59 Å². The molecule has 0 saturated carbocycles. The fourth-order valence-corrected chi connectivity index (χ4v) is 1.84. The van der Waals surface area contributed by atoms with Crippen molar-refractivity contribution in [2.75, 3.05) is 19.8 Å². The molecule has 5 heteroatoms. The number of carbonyl (C=O) groups excluding carboxylic acids is 1. The van der Waals surface area contributed by atoms with Crippen molar-refractivity contribution in [2.24, 2.45) is 11.8 Å². The zero-order valence-electron chi connectivity index (χ0n) is 10.3. The molecule has 1 saturated heterocycles. The molecule has 1 rings (SSSR count). The van der Waals surface area contributed by atoms with Gasteiger partial charge in [0.1, 0.15) is 0 Å². The summed E-state index contributed by atoms with van der Waals surface area (Å²) < 4.78 is 5.25. The molecule has 2 N–H and O–H groups in total. The van der Waals surface area contributed by atoms with Gasteiger partial charge in [-0.2, -0.15) is 0 Å². The number of carboxylic acids is 1. The Hall–Kier alpha value is -1.10. The average molecular weight is 243 g/mol. The van der Waals surface area contributed by atoms with E-state index in [9.17, 15) is 9.59 Å². The topological polar surface area (TPSA) is 75.6 Å². The zero-order chi connectivity index (χ0) is 12.7. The Morgan fingerprint density at radius 2 is 2.29 bits per heavy atom. The number of hydrogen-bond acceptors (Lipinski definition) is 3. The third kappa shape index (κ3) is 5.68. The van der Waals surface area contributed by atoms with Crippen molar-refractivity contribution in [2.45, 2.75) is 32.6 Å². The first-order valence-corrected chi connectivity index (χ1v) is 6.17. The van der Waals surface area contributed by atoms with Gasteiger partial charge in [0.05, 0.1) is 12.5 Å². The molecule has 0 aliphatic carbocycles. The Balaban J connectivity index is 2.15. The maximum atomic E-state index is 11.7. The Labute approximate surface area is 102 Å². The summed E-state index contributed by atoms with van der Waals surface area (Å²) in [5.74, 6) is -0.592. The second-order valence-electron chi connectivity index (χ2n) is 4.70. The molecule has 1 fully saturated rings. The minimum atomic E-state index is -0.788. The summed E-state index contributed by atoms with van der Waals surface area (Å²) in [6.07, 6.45) is 2.57. The maximum absolute atomic E-state index is 11.7. The minimum absolute atomic E-state index is 0.0320. The van der Waals surface area contributed by atoms with E-state index in [-0.39, 0.29) is 24.2 Å². The summed E-state index contributed by atoms with van der Waals surface area (Å²) in [6, 6.07) is 0. The molecule has 0 radical (unpaired) electrons. The Morgan fingerprint density at radius 3 is 2.88 bits per heavy atom. The number of hydrogen-bond donors (Lipinski definition) is 2. The molecule has 2 atom stereocenters. The highest BCUT2D eigenvalue weighted by atomic mass is 16.5. The smallest absolute Gasteiger partial charge is 0.303 e. The van der Waals surface area contributed by atoms with E-state index in [1.165, 1.54) is 0 Å². The van der Waals surface area contributed by atoms with Gasteiger partial charge in [-0.15, -0.1) is 0 Å². The van der Waals surface area contributed by atoms with Crippen LogP contribution in [0.5, 0.6) is 0 Å². The molecule has 1 aliphatic heterocycles. The summed E-state index contributed by atoms with van der Waals surface area (Å²) in [7, 11) is 0. The highest BCUT2D eigenvalue weighted by Gasteiger charge is 2.21. The van der Waals surface area contributed by atoms with Crippen molar-refractivity contribution in [1.82, 2.24) is 5.32 Å².